The Morgan fingerprint density at radius 1 is 0.938 bits per heavy atom. The van der Waals surface area contributed by atoms with E-state index < -0.39 is 0 Å². The van der Waals surface area contributed by atoms with Crippen molar-refractivity contribution in [3.63, 3.8) is 0 Å². The minimum Gasteiger partial charge on any atom is -0.269 e. The van der Waals surface area contributed by atoms with Crippen LogP contribution in [0.2, 0.25) is 0 Å². The van der Waals surface area contributed by atoms with Crippen LogP contribution in [0, 0.1) is 0 Å². The van der Waals surface area contributed by atoms with E-state index >= 15 is 0 Å². The third-order valence-electron chi connectivity index (χ3n) is 2.52. The molecule has 0 atom stereocenters. The van der Waals surface area contributed by atoms with Gasteiger partial charge in [-0.2, -0.15) is 0 Å². The van der Waals surface area contributed by atoms with E-state index in [1.165, 1.54) is 0 Å². The largest absolute Gasteiger partial charge is 0.269 e. The van der Waals surface area contributed by atoms with Crippen LogP contribution in [0.15, 0.2) is 58.7 Å². The SMILES string of the molecule is O=c1cccc2scc(-c3ccccc3)n12. The van der Waals surface area contributed by atoms with Gasteiger partial charge in [0.15, 0.2) is 0 Å². The van der Waals surface area contributed by atoms with Crippen LogP contribution >= 0.6 is 11.3 Å². The fourth-order valence-corrected chi connectivity index (χ4v) is 2.70. The van der Waals surface area contributed by atoms with Crippen molar-refractivity contribution in [2.45, 2.75) is 0 Å². The minimum absolute atomic E-state index is 0.0256. The molecule has 3 heteroatoms. The molecule has 16 heavy (non-hydrogen) atoms. The Balaban J connectivity index is 2.38. The maximum atomic E-state index is 11.8. The van der Waals surface area contributed by atoms with E-state index in [1.54, 1.807) is 27.9 Å². The molecule has 0 fully saturated rings. The Hall–Kier alpha value is -1.87. The van der Waals surface area contributed by atoms with Gasteiger partial charge in [-0.25, -0.2) is 0 Å². The van der Waals surface area contributed by atoms with Crippen molar-refractivity contribution in [2.24, 2.45) is 0 Å². The number of benzene rings is 1. The summed E-state index contributed by atoms with van der Waals surface area (Å²) in [5, 5.41) is 2.02. The Morgan fingerprint density at radius 2 is 1.75 bits per heavy atom. The lowest BCUT2D eigenvalue weighted by molar-refractivity contribution is 1.13. The van der Waals surface area contributed by atoms with Gasteiger partial charge in [-0.15, -0.1) is 11.3 Å². The molecule has 2 aromatic heterocycles. The molecular weight excluding hydrogens is 218 g/mol. The molecular formula is C13H9NOS. The summed E-state index contributed by atoms with van der Waals surface area (Å²) in [7, 11) is 0. The molecule has 3 aromatic rings. The average molecular weight is 227 g/mol. The Labute approximate surface area is 96.4 Å². The van der Waals surface area contributed by atoms with E-state index in [1.807, 2.05) is 41.8 Å². The van der Waals surface area contributed by atoms with Gasteiger partial charge >= 0.3 is 0 Å². The lowest BCUT2D eigenvalue weighted by Crippen LogP contribution is -2.10. The van der Waals surface area contributed by atoms with Gasteiger partial charge in [0.2, 0.25) is 0 Å². The molecule has 0 aliphatic rings. The van der Waals surface area contributed by atoms with Crippen LogP contribution < -0.4 is 5.56 Å². The van der Waals surface area contributed by atoms with Gasteiger partial charge in [-0.1, -0.05) is 36.4 Å². The molecule has 0 bridgehead atoms. The van der Waals surface area contributed by atoms with Crippen molar-refractivity contribution in [1.82, 2.24) is 4.40 Å². The molecule has 0 radical (unpaired) electrons. The lowest BCUT2D eigenvalue weighted by Gasteiger charge is -2.00. The van der Waals surface area contributed by atoms with Crippen LogP contribution in [0.25, 0.3) is 16.1 Å². The van der Waals surface area contributed by atoms with E-state index in [0.717, 1.165) is 16.1 Å². The molecule has 0 saturated carbocycles. The number of aromatic nitrogens is 1. The van der Waals surface area contributed by atoms with E-state index in [4.69, 9.17) is 0 Å². The second-order valence-corrected chi connectivity index (χ2v) is 4.41. The average Bonchev–Trinajstić information content (AvgIpc) is 2.75. The summed E-state index contributed by atoms with van der Waals surface area (Å²) < 4.78 is 1.75. The van der Waals surface area contributed by atoms with Crippen LogP contribution in [0.5, 0.6) is 0 Å². The van der Waals surface area contributed by atoms with Crippen molar-refractivity contribution >= 4 is 16.2 Å². The number of rotatable bonds is 1. The van der Waals surface area contributed by atoms with Crippen LogP contribution in [0.4, 0.5) is 0 Å². The molecule has 3 rings (SSSR count). The molecule has 0 aliphatic carbocycles. The summed E-state index contributed by atoms with van der Waals surface area (Å²) >= 11 is 1.59. The lowest BCUT2D eigenvalue weighted by atomic mass is 10.2. The topological polar surface area (TPSA) is 21.5 Å². The van der Waals surface area contributed by atoms with Crippen LogP contribution in [-0.4, -0.2) is 4.40 Å². The minimum atomic E-state index is 0.0256. The van der Waals surface area contributed by atoms with Crippen molar-refractivity contribution in [2.75, 3.05) is 0 Å². The highest BCUT2D eigenvalue weighted by atomic mass is 32.1. The summed E-state index contributed by atoms with van der Waals surface area (Å²) in [5.41, 5.74) is 2.06. The van der Waals surface area contributed by atoms with Gasteiger partial charge in [0.1, 0.15) is 4.83 Å². The fourth-order valence-electron chi connectivity index (χ4n) is 1.77. The number of fused-ring (bicyclic) bond motifs is 1. The second-order valence-electron chi connectivity index (χ2n) is 3.52. The summed E-state index contributed by atoms with van der Waals surface area (Å²) in [6, 6.07) is 15.3. The first-order chi connectivity index (χ1) is 7.86. The highest BCUT2D eigenvalue weighted by molar-refractivity contribution is 7.15. The van der Waals surface area contributed by atoms with Crippen molar-refractivity contribution in [1.29, 1.82) is 0 Å². The van der Waals surface area contributed by atoms with E-state index in [0.29, 0.717) is 0 Å². The van der Waals surface area contributed by atoms with Crippen molar-refractivity contribution in [3.8, 4) is 11.3 Å². The zero-order chi connectivity index (χ0) is 11.0. The van der Waals surface area contributed by atoms with Crippen LogP contribution in [0.1, 0.15) is 0 Å². The van der Waals surface area contributed by atoms with Crippen LogP contribution in [-0.2, 0) is 0 Å². The number of thiazole rings is 1. The predicted molar refractivity (Wildman–Crippen MR) is 67.0 cm³/mol. The molecule has 0 unspecified atom stereocenters. The summed E-state index contributed by atoms with van der Waals surface area (Å²) in [4.78, 5) is 12.8. The van der Waals surface area contributed by atoms with Gasteiger partial charge in [0.05, 0.1) is 5.69 Å². The second kappa shape index (κ2) is 3.61. The first-order valence-corrected chi connectivity index (χ1v) is 5.89. The van der Waals surface area contributed by atoms with Crippen LogP contribution in [0.3, 0.4) is 0 Å². The fraction of sp³-hybridized carbons (Fsp3) is 0. The molecule has 1 aromatic carbocycles. The van der Waals surface area contributed by atoms with Gasteiger partial charge in [0, 0.05) is 11.4 Å². The number of pyridine rings is 1. The monoisotopic (exact) mass is 227 g/mol. The van der Waals surface area contributed by atoms with E-state index in [2.05, 4.69) is 0 Å². The molecule has 0 spiro atoms. The van der Waals surface area contributed by atoms with Crippen molar-refractivity contribution in [3.05, 3.63) is 64.3 Å². The molecule has 0 aliphatic heterocycles. The molecule has 0 amide bonds. The van der Waals surface area contributed by atoms with Crippen molar-refractivity contribution < 1.29 is 0 Å². The first-order valence-electron chi connectivity index (χ1n) is 5.01. The smallest absolute Gasteiger partial charge is 0.256 e. The van der Waals surface area contributed by atoms with Gasteiger partial charge in [-0.05, 0) is 11.6 Å². The quantitative estimate of drug-likeness (QED) is 0.626. The number of hydrogen-bond acceptors (Lipinski definition) is 2. The summed E-state index contributed by atoms with van der Waals surface area (Å²) in [6.45, 7) is 0. The first kappa shape index (κ1) is 9.36. The van der Waals surface area contributed by atoms with E-state index in [9.17, 15) is 4.79 Å². The Bertz CT molecular complexity index is 682. The third kappa shape index (κ3) is 1.37. The maximum Gasteiger partial charge on any atom is 0.256 e. The summed E-state index contributed by atoms with van der Waals surface area (Å²) in [5.74, 6) is 0. The number of nitrogens with zero attached hydrogens (tertiary/aromatic N) is 1. The zero-order valence-electron chi connectivity index (χ0n) is 8.46. The standard InChI is InChI=1S/C13H9NOS/c15-12-7-4-8-13-14(12)11(9-16-13)10-5-2-1-3-6-10/h1-9H. The highest BCUT2D eigenvalue weighted by Crippen LogP contribution is 2.24. The van der Waals surface area contributed by atoms with Gasteiger partial charge in [0.25, 0.3) is 5.56 Å². The molecule has 78 valence electrons. The zero-order valence-corrected chi connectivity index (χ0v) is 9.28. The maximum absolute atomic E-state index is 11.8. The van der Waals surface area contributed by atoms with Gasteiger partial charge in [-0.3, -0.25) is 9.20 Å². The predicted octanol–water partition coefficient (Wildman–Crippen LogP) is 3.03. The molecule has 2 heterocycles. The Kier molecular flexibility index (Phi) is 2.11. The molecule has 0 N–H and O–H groups in total. The molecule has 2 nitrogen and oxygen atoms in total. The molecule has 0 saturated heterocycles. The normalized spacial score (nSPS) is 10.8. The Morgan fingerprint density at radius 3 is 2.56 bits per heavy atom. The summed E-state index contributed by atoms with van der Waals surface area (Å²) in [6.07, 6.45) is 0. The highest BCUT2D eigenvalue weighted by Gasteiger charge is 2.06. The van der Waals surface area contributed by atoms with E-state index in [-0.39, 0.29) is 5.56 Å². The number of hydrogen-bond donors (Lipinski definition) is 0. The van der Waals surface area contributed by atoms with Gasteiger partial charge < -0.3 is 0 Å². The third-order valence-corrected chi connectivity index (χ3v) is 3.42.